The van der Waals surface area contributed by atoms with Crippen LogP contribution in [0.15, 0.2) is 48.8 Å². The highest BCUT2D eigenvalue weighted by atomic mass is 15.4. The van der Waals surface area contributed by atoms with E-state index in [1.54, 1.807) is 4.68 Å². The minimum atomic E-state index is 0.262. The van der Waals surface area contributed by atoms with Crippen molar-refractivity contribution in [3.05, 3.63) is 54.4 Å². The Bertz CT molecular complexity index is 1280. The van der Waals surface area contributed by atoms with E-state index >= 15 is 0 Å². The highest BCUT2D eigenvalue weighted by molar-refractivity contribution is 5.87. The van der Waals surface area contributed by atoms with Gasteiger partial charge in [-0.2, -0.15) is 5.26 Å². The molecule has 0 atom stereocenters. The maximum Gasteiger partial charge on any atom is 0.178 e. The van der Waals surface area contributed by atoms with Gasteiger partial charge in [-0.1, -0.05) is 17.3 Å². The van der Waals surface area contributed by atoms with Crippen LogP contribution in [0.3, 0.4) is 0 Å². The number of fused-ring (bicyclic) bond motifs is 1. The zero-order valence-electron chi connectivity index (χ0n) is 17.2. The average Bonchev–Trinajstić information content (AvgIpc) is 3.19. The van der Waals surface area contributed by atoms with Crippen LogP contribution in [-0.4, -0.2) is 44.1 Å². The molecule has 5 rings (SSSR count). The topological polar surface area (TPSA) is 110 Å². The standard InChI is InChI=1S/C23H22N8/c1-30-23-21(28-29-30)10-17(13-27-23)20-14-26-22(31-8-6-18(25)7-9-31)11-19(20)16-4-2-15(12-24)3-5-16/h2-5,10-11,13-14,18H,6-9,25H2,1H3. The van der Waals surface area contributed by atoms with Crippen LogP contribution >= 0.6 is 0 Å². The third-order valence-corrected chi connectivity index (χ3v) is 5.83. The van der Waals surface area contributed by atoms with Crippen LogP contribution in [0.25, 0.3) is 33.4 Å². The molecule has 0 amide bonds. The molecular formula is C23H22N8. The van der Waals surface area contributed by atoms with E-state index in [0.717, 1.165) is 65.2 Å². The van der Waals surface area contributed by atoms with Gasteiger partial charge in [-0.3, -0.25) is 0 Å². The van der Waals surface area contributed by atoms with E-state index < -0.39 is 0 Å². The first-order valence-corrected chi connectivity index (χ1v) is 10.3. The molecule has 3 aromatic heterocycles. The van der Waals surface area contributed by atoms with E-state index in [4.69, 9.17) is 16.0 Å². The van der Waals surface area contributed by atoms with Gasteiger partial charge in [0.25, 0.3) is 0 Å². The summed E-state index contributed by atoms with van der Waals surface area (Å²) in [6.07, 6.45) is 5.65. The fourth-order valence-electron chi connectivity index (χ4n) is 4.01. The molecule has 0 radical (unpaired) electrons. The number of aryl methyl sites for hydroxylation is 1. The van der Waals surface area contributed by atoms with E-state index in [9.17, 15) is 0 Å². The second-order valence-corrected chi connectivity index (χ2v) is 7.88. The monoisotopic (exact) mass is 410 g/mol. The molecular weight excluding hydrogens is 388 g/mol. The molecule has 1 aromatic carbocycles. The predicted molar refractivity (Wildman–Crippen MR) is 119 cm³/mol. The summed E-state index contributed by atoms with van der Waals surface area (Å²) >= 11 is 0. The van der Waals surface area contributed by atoms with Crippen molar-refractivity contribution < 1.29 is 0 Å². The Balaban J connectivity index is 1.62. The summed E-state index contributed by atoms with van der Waals surface area (Å²) in [5, 5.41) is 17.4. The molecule has 0 aliphatic carbocycles. The fourth-order valence-corrected chi connectivity index (χ4v) is 4.01. The van der Waals surface area contributed by atoms with E-state index in [0.29, 0.717) is 5.56 Å². The molecule has 0 spiro atoms. The van der Waals surface area contributed by atoms with Crippen molar-refractivity contribution in [2.75, 3.05) is 18.0 Å². The molecule has 8 heteroatoms. The number of hydrogen-bond acceptors (Lipinski definition) is 7. The molecule has 1 saturated heterocycles. The molecule has 31 heavy (non-hydrogen) atoms. The van der Waals surface area contributed by atoms with Crippen LogP contribution in [-0.2, 0) is 7.05 Å². The van der Waals surface area contributed by atoms with Crippen molar-refractivity contribution in [1.82, 2.24) is 25.0 Å². The molecule has 1 fully saturated rings. The number of piperidine rings is 1. The summed E-state index contributed by atoms with van der Waals surface area (Å²) in [5.74, 6) is 0.934. The summed E-state index contributed by atoms with van der Waals surface area (Å²) in [4.78, 5) is 11.6. The number of nitrogens with zero attached hydrogens (tertiary/aromatic N) is 7. The average molecular weight is 410 g/mol. The van der Waals surface area contributed by atoms with Crippen molar-refractivity contribution >= 4 is 17.0 Å². The zero-order chi connectivity index (χ0) is 21.4. The molecule has 1 aliphatic rings. The third kappa shape index (κ3) is 3.60. The van der Waals surface area contributed by atoms with E-state index in [1.165, 1.54) is 0 Å². The van der Waals surface area contributed by atoms with Crippen LogP contribution in [0, 0.1) is 11.3 Å². The molecule has 1 aliphatic heterocycles. The largest absolute Gasteiger partial charge is 0.356 e. The summed E-state index contributed by atoms with van der Waals surface area (Å²) in [6, 6.07) is 14.2. The third-order valence-electron chi connectivity index (χ3n) is 5.83. The Morgan fingerprint density at radius 1 is 1.00 bits per heavy atom. The Morgan fingerprint density at radius 3 is 2.52 bits per heavy atom. The Hall–Kier alpha value is -3.83. The van der Waals surface area contributed by atoms with Crippen molar-refractivity contribution in [2.45, 2.75) is 18.9 Å². The van der Waals surface area contributed by atoms with Gasteiger partial charge in [0.2, 0.25) is 0 Å². The minimum Gasteiger partial charge on any atom is -0.356 e. The lowest BCUT2D eigenvalue weighted by atomic mass is 9.96. The smallest absolute Gasteiger partial charge is 0.178 e. The second-order valence-electron chi connectivity index (χ2n) is 7.88. The lowest BCUT2D eigenvalue weighted by Crippen LogP contribution is -2.40. The highest BCUT2D eigenvalue weighted by Crippen LogP contribution is 2.35. The number of hydrogen-bond donors (Lipinski definition) is 1. The summed E-state index contributed by atoms with van der Waals surface area (Å²) in [5.41, 5.74) is 12.1. The van der Waals surface area contributed by atoms with Crippen LogP contribution in [0.4, 0.5) is 5.82 Å². The number of pyridine rings is 2. The number of nitrogens with two attached hydrogens (primary N) is 1. The van der Waals surface area contributed by atoms with Gasteiger partial charge >= 0.3 is 0 Å². The van der Waals surface area contributed by atoms with Crippen LogP contribution < -0.4 is 10.6 Å². The lowest BCUT2D eigenvalue weighted by Gasteiger charge is -2.31. The van der Waals surface area contributed by atoms with Gasteiger partial charge in [-0.25, -0.2) is 14.6 Å². The number of nitriles is 1. The van der Waals surface area contributed by atoms with Gasteiger partial charge in [-0.05, 0) is 48.2 Å². The van der Waals surface area contributed by atoms with Gasteiger partial charge in [0.1, 0.15) is 11.3 Å². The molecule has 154 valence electrons. The van der Waals surface area contributed by atoms with Crippen LogP contribution in [0.2, 0.25) is 0 Å². The Labute approximate surface area is 180 Å². The SMILES string of the molecule is Cn1nnc2cc(-c3cnc(N4CCC(N)CC4)cc3-c3ccc(C#N)cc3)cnc21. The maximum atomic E-state index is 9.17. The summed E-state index contributed by atoms with van der Waals surface area (Å²) < 4.78 is 1.66. The van der Waals surface area contributed by atoms with E-state index in [-0.39, 0.29) is 6.04 Å². The molecule has 8 nitrogen and oxygen atoms in total. The predicted octanol–water partition coefficient (Wildman–Crippen LogP) is 2.89. The highest BCUT2D eigenvalue weighted by Gasteiger charge is 2.19. The quantitative estimate of drug-likeness (QED) is 0.553. The second kappa shape index (κ2) is 7.78. The van der Waals surface area contributed by atoms with Gasteiger partial charge < -0.3 is 10.6 Å². The number of benzene rings is 1. The van der Waals surface area contributed by atoms with E-state index in [2.05, 4.69) is 32.3 Å². The van der Waals surface area contributed by atoms with Crippen molar-refractivity contribution in [2.24, 2.45) is 12.8 Å². The zero-order valence-corrected chi connectivity index (χ0v) is 17.2. The number of rotatable bonds is 3. The van der Waals surface area contributed by atoms with Gasteiger partial charge in [0, 0.05) is 49.7 Å². The summed E-state index contributed by atoms with van der Waals surface area (Å²) in [7, 11) is 1.82. The van der Waals surface area contributed by atoms with Gasteiger partial charge in [0.15, 0.2) is 5.65 Å². The van der Waals surface area contributed by atoms with Crippen LogP contribution in [0.5, 0.6) is 0 Å². The number of aromatic nitrogens is 5. The summed E-state index contributed by atoms with van der Waals surface area (Å²) in [6.45, 7) is 1.79. The molecule has 0 saturated carbocycles. The van der Waals surface area contributed by atoms with Crippen molar-refractivity contribution in [1.29, 1.82) is 5.26 Å². The molecule has 0 bridgehead atoms. The van der Waals surface area contributed by atoms with Gasteiger partial charge in [-0.15, -0.1) is 5.10 Å². The first kappa shape index (κ1) is 19.2. The molecule has 0 unspecified atom stereocenters. The van der Waals surface area contributed by atoms with Crippen molar-refractivity contribution in [3.8, 4) is 28.3 Å². The lowest BCUT2D eigenvalue weighted by molar-refractivity contribution is 0.499. The minimum absolute atomic E-state index is 0.262. The molecule has 2 N–H and O–H groups in total. The normalized spacial score (nSPS) is 14.7. The van der Waals surface area contributed by atoms with E-state index in [1.807, 2.05) is 49.8 Å². The maximum absolute atomic E-state index is 9.17. The van der Waals surface area contributed by atoms with Gasteiger partial charge in [0.05, 0.1) is 11.6 Å². The number of anilines is 1. The first-order valence-electron chi connectivity index (χ1n) is 10.3. The van der Waals surface area contributed by atoms with Crippen molar-refractivity contribution in [3.63, 3.8) is 0 Å². The molecule has 4 heterocycles. The van der Waals surface area contributed by atoms with Crippen LogP contribution in [0.1, 0.15) is 18.4 Å². The fraction of sp³-hybridized carbons (Fsp3) is 0.261. The Kier molecular flexibility index (Phi) is 4.81. The molecule has 4 aromatic rings. The Morgan fingerprint density at radius 2 is 1.77 bits per heavy atom. The first-order chi connectivity index (χ1) is 15.1.